The van der Waals surface area contributed by atoms with Crippen LogP contribution in [0, 0.1) is 22.7 Å². The van der Waals surface area contributed by atoms with Gasteiger partial charge in [0.2, 0.25) is 17.9 Å². The molecule has 1 aromatic rings. The van der Waals surface area contributed by atoms with Crippen LogP contribution in [0.3, 0.4) is 0 Å². The number of aliphatic hydroxyl groups excluding tert-OH is 2. The zero-order valence-electron chi connectivity index (χ0n) is 30.4. The molecule has 16 nitrogen and oxygen atoms in total. The summed E-state index contributed by atoms with van der Waals surface area (Å²) < 4.78 is 30.1. The van der Waals surface area contributed by atoms with Crippen LogP contribution in [0.15, 0.2) is 30.3 Å². The molecule has 2 amide bonds. The molecule has 3 saturated carbocycles. The minimum absolute atomic E-state index is 0.0483. The third-order valence-electron chi connectivity index (χ3n) is 11.8. The largest absolute Gasteiger partial charge is 0.462 e. The van der Waals surface area contributed by atoms with E-state index in [-0.39, 0.29) is 44.6 Å². The molecule has 4 N–H and O–H groups in total. The lowest BCUT2D eigenvalue weighted by atomic mass is 9.62. The van der Waals surface area contributed by atoms with Gasteiger partial charge in [0, 0.05) is 36.3 Å². The molecule has 292 valence electrons. The number of esters is 3. The average Bonchev–Trinajstić information content (AvgIpc) is 4.08. The molecule has 0 aromatic heterocycles. The predicted octanol–water partition coefficient (Wildman–Crippen LogP) is 0.269. The molecule has 16 heteroatoms. The Morgan fingerprint density at radius 3 is 2.33 bits per heavy atom. The van der Waals surface area contributed by atoms with Crippen molar-refractivity contribution in [3.05, 3.63) is 41.5 Å². The summed E-state index contributed by atoms with van der Waals surface area (Å²) in [6.45, 7) is 4.75. The summed E-state index contributed by atoms with van der Waals surface area (Å²) in [4.78, 5) is 72.9. The summed E-state index contributed by atoms with van der Waals surface area (Å²) in [5.41, 5.74) is -0.826. The van der Waals surface area contributed by atoms with Crippen molar-refractivity contribution >= 4 is 35.8 Å². The zero-order valence-corrected chi connectivity index (χ0v) is 30.4. The molecule has 7 aliphatic rings. The van der Waals surface area contributed by atoms with Crippen molar-refractivity contribution < 1.29 is 62.7 Å². The number of ether oxygens (including phenoxy) is 5. The van der Waals surface area contributed by atoms with E-state index in [1.807, 2.05) is 0 Å². The molecule has 3 aliphatic carbocycles. The lowest BCUT2D eigenvalue weighted by Crippen LogP contribution is -2.71. The predicted molar refractivity (Wildman–Crippen MR) is 183 cm³/mol. The third kappa shape index (κ3) is 6.30. The topological polar surface area (TPSA) is 208 Å². The Bertz CT molecular complexity index is 1710. The van der Waals surface area contributed by atoms with Crippen LogP contribution in [0.4, 0.5) is 0 Å². The fraction of sp³-hybridized carbons (Fsp3) is 0.658. The van der Waals surface area contributed by atoms with Crippen molar-refractivity contribution in [1.82, 2.24) is 15.7 Å². The van der Waals surface area contributed by atoms with E-state index in [0.29, 0.717) is 11.1 Å². The highest BCUT2D eigenvalue weighted by atomic mass is 16.8. The Balaban J connectivity index is 1.05. The SMILES string of the molecule is C[C@H](O)[C@@H](NC(=O)[C@@]12C[C@H]3OC(=O)[C@@H]1N(Cc1ccc(C=CC(=O)O[C@H]4C(=O)OCC4(C)C)cc1)O[C@@H]2[C@H]1OC(C2CC2)(C2CC2)O[C@H]13)C(=O)NCCO. The van der Waals surface area contributed by atoms with Gasteiger partial charge in [-0.2, -0.15) is 5.06 Å². The van der Waals surface area contributed by atoms with Crippen LogP contribution in [0.2, 0.25) is 0 Å². The maximum absolute atomic E-state index is 14.7. The standard InChI is InChI=1S/C38H47N3O13/c1-19(43)26(32(45)39-14-15-42)40-35(48)37-16-24-27-28(53-38(52-27,22-9-10-22)23-11-12-23)30(37)54-41(29(37)33(46)50-24)17-21-6-4-20(5-7-21)8-13-25(44)51-31-34(47)49-18-36(31,2)3/h4-8,13,19,22-24,26-31,42-43H,9-12,14-18H2,1-3H3,(H,39,45)(H,40,48)/t19-,24+,26+,27-,28-,29-,30+,31-,37-/m0/s1. The number of aliphatic hydroxyl groups is 2. The van der Waals surface area contributed by atoms with Crippen LogP contribution in [-0.2, 0) is 59.0 Å². The van der Waals surface area contributed by atoms with Crippen molar-refractivity contribution in [1.29, 1.82) is 0 Å². The van der Waals surface area contributed by atoms with Crippen molar-refractivity contribution in [2.75, 3.05) is 19.8 Å². The Kier molecular flexibility index (Phi) is 9.37. The molecule has 0 spiro atoms. The number of rotatable bonds is 13. The second kappa shape index (κ2) is 13.7. The Labute approximate surface area is 311 Å². The summed E-state index contributed by atoms with van der Waals surface area (Å²) in [5, 5.41) is 26.5. The highest BCUT2D eigenvalue weighted by Crippen LogP contribution is 2.63. The van der Waals surface area contributed by atoms with Crippen molar-refractivity contribution in [3.63, 3.8) is 0 Å². The van der Waals surface area contributed by atoms with Crippen molar-refractivity contribution in [3.8, 4) is 0 Å². The van der Waals surface area contributed by atoms with Crippen LogP contribution in [0.5, 0.6) is 0 Å². The molecule has 1 aromatic carbocycles. The van der Waals surface area contributed by atoms with Crippen LogP contribution in [0.1, 0.15) is 64.0 Å². The van der Waals surface area contributed by atoms with Gasteiger partial charge in [-0.25, -0.2) is 9.59 Å². The minimum Gasteiger partial charge on any atom is -0.462 e. The minimum atomic E-state index is -1.57. The smallest absolute Gasteiger partial charge is 0.348 e. The van der Waals surface area contributed by atoms with Gasteiger partial charge in [0.05, 0.1) is 19.3 Å². The molecule has 8 rings (SSSR count). The van der Waals surface area contributed by atoms with Gasteiger partial charge in [-0.05, 0) is 49.8 Å². The van der Waals surface area contributed by atoms with Gasteiger partial charge in [0.1, 0.15) is 42.5 Å². The van der Waals surface area contributed by atoms with Gasteiger partial charge >= 0.3 is 17.9 Å². The highest BCUT2D eigenvalue weighted by Gasteiger charge is 2.78. The van der Waals surface area contributed by atoms with E-state index in [1.54, 1.807) is 44.2 Å². The number of nitrogens with zero attached hydrogens (tertiary/aromatic N) is 1. The number of benzene rings is 1. The first-order valence-corrected chi connectivity index (χ1v) is 18.8. The van der Waals surface area contributed by atoms with Crippen LogP contribution < -0.4 is 10.6 Å². The van der Waals surface area contributed by atoms with E-state index in [0.717, 1.165) is 25.7 Å². The number of hydroxylamine groups is 2. The Hall–Kier alpha value is -3.93. The van der Waals surface area contributed by atoms with Crippen molar-refractivity contribution in [2.45, 2.75) is 114 Å². The summed E-state index contributed by atoms with van der Waals surface area (Å²) in [6.07, 6.45) is 1.13. The van der Waals surface area contributed by atoms with E-state index >= 15 is 0 Å². The van der Waals surface area contributed by atoms with E-state index in [2.05, 4.69) is 10.6 Å². The van der Waals surface area contributed by atoms with Gasteiger partial charge in [-0.15, -0.1) is 0 Å². The first-order valence-electron chi connectivity index (χ1n) is 18.8. The quantitative estimate of drug-likeness (QED) is 0.121. The number of carbonyl (C=O) groups excluding carboxylic acids is 5. The number of cyclic esters (lactones) is 1. The maximum Gasteiger partial charge on any atom is 0.348 e. The summed E-state index contributed by atoms with van der Waals surface area (Å²) in [6, 6.07) is 4.49. The van der Waals surface area contributed by atoms with Gasteiger partial charge in [-0.1, -0.05) is 38.1 Å². The van der Waals surface area contributed by atoms with Crippen LogP contribution in [-0.4, -0.2) is 119 Å². The number of hydrogen-bond donors (Lipinski definition) is 4. The van der Waals surface area contributed by atoms with Gasteiger partial charge in [0.15, 0.2) is 11.8 Å². The highest BCUT2D eigenvalue weighted by molar-refractivity contribution is 5.96. The number of nitrogens with one attached hydrogen (secondary N) is 2. The molecule has 7 fully saturated rings. The van der Waals surface area contributed by atoms with E-state index < -0.39 is 95.0 Å². The number of carbonyl (C=O) groups is 5. The molecule has 4 heterocycles. The average molecular weight is 754 g/mol. The second-order valence-corrected chi connectivity index (χ2v) is 16.4. The molecular weight excluding hydrogens is 706 g/mol. The lowest BCUT2D eigenvalue weighted by Gasteiger charge is -2.49. The molecular formula is C38H47N3O13. The molecule has 0 radical (unpaired) electrons. The monoisotopic (exact) mass is 753 g/mol. The molecule has 54 heavy (non-hydrogen) atoms. The maximum atomic E-state index is 14.7. The summed E-state index contributed by atoms with van der Waals surface area (Å²) >= 11 is 0. The number of fused-ring (bicyclic) bond motifs is 4. The summed E-state index contributed by atoms with van der Waals surface area (Å²) in [5.74, 6) is -3.74. The molecule has 9 atom stereocenters. The normalized spacial score (nSPS) is 34.5. The molecule has 4 aliphatic heterocycles. The van der Waals surface area contributed by atoms with Crippen LogP contribution >= 0.6 is 0 Å². The van der Waals surface area contributed by atoms with Crippen molar-refractivity contribution in [2.24, 2.45) is 22.7 Å². The first-order chi connectivity index (χ1) is 25.8. The fourth-order valence-corrected chi connectivity index (χ4v) is 8.81. The van der Waals surface area contributed by atoms with Crippen LogP contribution in [0.25, 0.3) is 6.08 Å². The Morgan fingerprint density at radius 2 is 1.72 bits per heavy atom. The molecule has 2 bridgehead atoms. The molecule has 4 saturated heterocycles. The second-order valence-electron chi connectivity index (χ2n) is 16.4. The van der Waals surface area contributed by atoms with Gasteiger partial charge in [-0.3, -0.25) is 19.2 Å². The number of hydrogen-bond acceptors (Lipinski definition) is 14. The third-order valence-corrected chi connectivity index (χ3v) is 11.8. The fourth-order valence-electron chi connectivity index (χ4n) is 8.81. The van der Waals surface area contributed by atoms with E-state index in [9.17, 15) is 34.2 Å². The lowest BCUT2D eigenvalue weighted by molar-refractivity contribution is -0.235. The summed E-state index contributed by atoms with van der Waals surface area (Å²) in [7, 11) is 0. The van der Waals surface area contributed by atoms with Gasteiger partial charge < -0.3 is 44.5 Å². The number of amides is 2. The van der Waals surface area contributed by atoms with E-state index in [1.165, 1.54) is 18.1 Å². The van der Waals surface area contributed by atoms with E-state index in [4.69, 9.17) is 28.5 Å². The Morgan fingerprint density at radius 1 is 1.04 bits per heavy atom. The first kappa shape index (κ1) is 37.0. The molecule has 0 unspecified atom stereocenters. The van der Waals surface area contributed by atoms with Gasteiger partial charge in [0.25, 0.3) is 0 Å². The zero-order chi connectivity index (χ0) is 38.2.